The lowest BCUT2D eigenvalue weighted by Gasteiger charge is -2.27. The van der Waals surface area contributed by atoms with Crippen LogP contribution in [0.3, 0.4) is 0 Å². The van der Waals surface area contributed by atoms with Crippen LogP contribution in [0.1, 0.15) is 11.3 Å². The van der Waals surface area contributed by atoms with E-state index in [9.17, 15) is 9.59 Å². The first-order valence-corrected chi connectivity index (χ1v) is 8.04. The summed E-state index contributed by atoms with van der Waals surface area (Å²) in [5, 5.41) is 11.4. The van der Waals surface area contributed by atoms with Gasteiger partial charge in [0.2, 0.25) is 0 Å². The second-order valence-corrected chi connectivity index (χ2v) is 5.80. The van der Waals surface area contributed by atoms with Crippen molar-refractivity contribution in [2.45, 2.75) is 0 Å². The van der Waals surface area contributed by atoms with Gasteiger partial charge in [-0.1, -0.05) is 6.08 Å². The Morgan fingerprint density at radius 3 is 2.62 bits per heavy atom. The molecule has 1 aromatic heterocycles. The maximum absolute atomic E-state index is 12.5. The van der Waals surface area contributed by atoms with E-state index in [1.54, 1.807) is 36.4 Å². The van der Waals surface area contributed by atoms with Crippen molar-refractivity contribution in [2.75, 3.05) is 6.54 Å². The number of furan rings is 1. The van der Waals surface area contributed by atoms with Gasteiger partial charge in [-0.15, -0.1) is 6.58 Å². The van der Waals surface area contributed by atoms with Gasteiger partial charge in [-0.3, -0.25) is 19.8 Å². The van der Waals surface area contributed by atoms with Gasteiger partial charge in [-0.25, -0.2) is 0 Å². The number of thiocarbonyl (C=S) groups is 1. The predicted molar refractivity (Wildman–Crippen MR) is 99.5 cm³/mol. The van der Waals surface area contributed by atoms with E-state index < -0.39 is 11.8 Å². The second kappa shape index (κ2) is 7.17. The molecule has 1 aromatic carbocycles. The molecule has 3 rings (SSSR count). The van der Waals surface area contributed by atoms with Crippen molar-refractivity contribution in [3.05, 3.63) is 65.9 Å². The summed E-state index contributed by atoms with van der Waals surface area (Å²) in [4.78, 5) is 25.8. The number of nitriles is 1. The molecule has 0 aliphatic carbocycles. The third kappa shape index (κ3) is 3.31. The lowest BCUT2D eigenvalue weighted by molar-refractivity contribution is -0.128. The van der Waals surface area contributed by atoms with E-state index in [1.807, 2.05) is 6.07 Å². The maximum atomic E-state index is 12.5. The average Bonchev–Trinajstić information content (AvgIpc) is 3.11. The van der Waals surface area contributed by atoms with Crippen LogP contribution in [0.25, 0.3) is 17.4 Å². The van der Waals surface area contributed by atoms with Crippen molar-refractivity contribution in [3.8, 4) is 17.4 Å². The molecule has 128 valence electrons. The zero-order chi connectivity index (χ0) is 18.7. The quantitative estimate of drug-likeness (QED) is 0.391. The minimum atomic E-state index is -0.573. The molecule has 0 bridgehead atoms. The van der Waals surface area contributed by atoms with E-state index in [2.05, 4.69) is 11.9 Å². The van der Waals surface area contributed by atoms with Crippen LogP contribution in [0.4, 0.5) is 0 Å². The number of nitrogens with zero attached hydrogens (tertiary/aromatic N) is 2. The van der Waals surface area contributed by atoms with Crippen LogP contribution in [0.5, 0.6) is 0 Å². The van der Waals surface area contributed by atoms with Gasteiger partial charge < -0.3 is 4.42 Å². The number of hydrogen-bond donors (Lipinski definition) is 1. The zero-order valence-corrected chi connectivity index (χ0v) is 14.4. The molecule has 1 fully saturated rings. The monoisotopic (exact) mass is 363 g/mol. The van der Waals surface area contributed by atoms with Crippen LogP contribution in [0, 0.1) is 11.3 Å². The van der Waals surface area contributed by atoms with Crippen molar-refractivity contribution in [3.63, 3.8) is 0 Å². The Labute approximate surface area is 155 Å². The van der Waals surface area contributed by atoms with Gasteiger partial charge in [0.1, 0.15) is 17.1 Å². The number of carbonyl (C=O) groups is 2. The largest absolute Gasteiger partial charge is 0.457 e. The van der Waals surface area contributed by atoms with E-state index in [1.165, 1.54) is 17.1 Å². The van der Waals surface area contributed by atoms with Crippen LogP contribution in [-0.2, 0) is 9.59 Å². The fourth-order valence-corrected chi connectivity index (χ4v) is 2.68. The van der Waals surface area contributed by atoms with Crippen molar-refractivity contribution in [2.24, 2.45) is 0 Å². The van der Waals surface area contributed by atoms with Crippen molar-refractivity contribution < 1.29 is 14.0 Å². The topological polar surface area (TPSA) is 86.3 Å². The minimum absolute atomic E-state index is 0.0507. The summed E-state index contributed by atoms with van der Waals surface area (Å²) in [6.45, 7) is 3.77. The first kappa shape index (κ1) is 17.3. The van der Waals surface area contributed by atoms with E-state index in [0.29, 0.717) is 17.1 Å². The summed E-state index contributed by atoms with van der Waals surface area (Å²) in [6, 6.07) is 12.3. The molecule has 26 heavy (non-hydrogen) atoms. The summed E-state index contributed by atoms with van der Waals surface area (Å²) in [5.41, 5.74) is 1.26. The van der Waals surface area contributed by atoms with Gasteiger partial charge in [0.15, 0.2) is 5.11 Å². The van der Waals surface area contributed by atoms with Crippen LogP contribution in [0.2, 0.25) is 0 Å². The Hall–Kier alpha value is -3.50. The molecule has 7 heteroatoms. The lowest BCUT2D eigenvalue weighted by atomic mass is 10.1. The summed E-state index contributed by atoms with van der Waals surface area (Å²) in [5.74, 6) is -0.163. The van der Waals surface area contributed by atoms with Crippen molar-refractivity contribution >= 4 is 35.2 Å². The Bertz CT molecular complexity index is 980. The van der Waals surface area contributed by atoms with Crippen LogP contribution < -0.4 is 5.32 Å². The predicted octanol–water partition coefficient (Wildman–Crippen LogP) is 2.63. The van der Waals surface area contributed by atoms with Gasteiger partial charge in [-0.2, -0.15) is 5.26 Å². The molecule has 0 spiro atoms. The summed E-state index contributed by atoms with van der Waals surface area (Å²) < 4.78 is 5.70. The molecule has 1 saturated heterocycles. The Morgan fingerprint density at radius 1 is 1.23 bits per heavy atom. The Balaban J connectivity index is 1.89. The van der Waals surface area contributed by atoms with Gasteiger partial charge in [0, 0.05) is 12.1 Å². The number of carbonyl (C=O) groups excluding carboxylic acids is 2. The molecule has 0 saturated carbocycles. The molecular formula is C19H13N3O3S. The number of nitrogens with one attached hydrogen (secondary N) is 1. The molecule has 6 nitrogen and oxygen atoms in total. The standard InChI is InChI=1S/C19H13N3O3S/c1-2-9-22-18(24)15(17(23)21-19(22)26)10-14-7-8-16(25-14)13-5-3-12(11-20)4-6-13/h2-8,10H,1,9H2,(H,21,23,26)/b15-10-. The van der Waals surface area contributed by atoms with Gasteiger partial charge >= 0.3 is 0 Å². The number of rotatable bonds is 4. The first-order valence-electron chi connectivity index (χ1n) is 7.63. The van der Waals surface area contributed by atoms with Gasteiger partial charge in [0.25, 0.3) is 11.8 Å². The Morgan fingerprint density at radius 2 is 1.96 bits per heavy atom. The van der Waals surface area contributed by atoms with Crippen LogP contribution >= 0.6 is 12.2 Å². The smallest absolute Gasteiger partial charge is 0.266 e. The highest BCUT2D eigenvalue weighted by Crippen LogP contribution is 2.24. The third-order valence-corrected chi connectivity index (χ3v) is 4.03. The van der Waals surface area contributed by atoms with Crippen molar-refractivity contribution in [1.82, 2.24) is 10.2 Å². The molecule has 0 radical (unpaired) electrons. The number of amides is 2. The zero-order valence-electron chi connectivity index (χ0n) is 13.6. The van der Waals surface area contributed by atoms with Gasteiger partial charge in [-0.05, 0) is 54.7 Å². The first-order chi connectivity index (χ1) is 12.5. The fraction of sp³-hybridized carbons (Fsp3) is 0.0526. The summed E-state index contributed by atoms with van der Waals surface area (Å²) >= 11 is 5.00. The Kier molecular flexibility index (Phi) is 4.78. The van der Waals surface area contributed by atoms with E-state index in [0.717, 1.165) is 5.56 Å². The van der Waals surface area contributed by atoms with E-state index >= 15 is 0 Å². The lowest BCUT2D eigenvalue weighted by Crippen LogP contribution is -2.53. The normalized spacial score (nSPS) is 15.7. The highest BCUT2D eigenvalue weighted by Gasteiger charge is 2.32. The molecule has 1 aliphatic heterocycles. The molecule has 2 aromatic rings. The number of hydrogen-bond acceptors (Lipinski definition) is 5. The van der Waals surface area contributed by atoms with E-state index in [-0.39, 0.29) is 17.2 Å². The fourth-order valence-electron chi connectivity index (χ4n) is 2.43. The SMILES string of the molecule is C=CCN1C(=O)/C(=C\c2ccc(-c3ccc(C#N)cc3)o2)C(=O)NC1=S. The minimum Gasteiger partial charge on any atom is -0.457 e. The molecule has 1 aliphatic rings. The van der Waals surface area contributed by atoms with Crippen LogP contribution in [-0.4, -0.2) is 28.4 Å². The van der Waals surface area contributed by atoms with Crippen LogP contribution in [0.15, 0.2) is 59.0 Å². The van der Waals surface area contributed by atoms with E-state index in [4.69, 9.17) is 21.9 Å². The summed E-state index contributed by atoms with van der Waals surface area (Å²) in [7, 11) is 0. The third-order valence-electron chi connectivity index (χ3n) is 3.71. The molecular weight excluding hydrogens is 350 g/mol. The molecule has 0 atom stereocenters. The number of benzene rings is 1. The molecule has 0 unspecified atom stereocenters. The van der Waals surface area contributed by atoms with Gasteiger partial charge in [0.05, 0.1) is 11.6 Å². The molecule has 2 heterocycles. The highest BCUT2D eigenvalue weighted by molar-refractivity contribution is 7.80. The summed E-state index contributed by atoms with van der Waals surface area (Å²) in [6.07, 6.45) is 2.90. The molecule has 1 N–H and O–H groups in total. The molecule has 2 amide bonds. The maximum Gasteiger partial charge on any atom is 0.266 e. The highest BCUT2D eigenvalue weighted by atomic mass is 32.1. The van der Waals surface area contributed by atoms with Crippen molar-refractivity contribution in [1.29, 1.82) is 5.26 Å². The average molecular weight is 363 g/mol. The second-order valence-electron chi connectivity index (χ2n) is 5.41.